The number of aromatic nitrogens is 3. The van der Waals surface area contributed by atoms with Gasteiger partial charge in [-0.2, -0.15) is 5.10 Å². The van der Waals surface area contributed by atoms with Gasteiger partial charge >= 0.3 is 0 Å². The summed E-state index contributed by atoms with van der Waals surface area (Å²) in [6.45, 7) is 2.06. The second-order valence-electron chi connectivity index (χ2n) is 3.06. The summed E-state index contributed by atoms with van der Waals surface area (Å²) in [6.07, 6.45) is 1.66. The molecule has 0 aliphatic rings. The standard InChI is InChI=1S/C11H10ClN3S/c1-2-16-11-14-10(7-13-15-11)8-3-5-9(12)6-4-8/h3-7H,2H2,1H3. The summed E-state index contributed by atoms with van der Waals surface area (Å²) < 4.78 is 0. The topological polar surface area (TPSA) is 38.7 Å². The van der Waals surface area contributed by atoms with E-state index in [0.717, 1.165) is 17.0 Å². The van der Waals surface area contributed by atoms with Gasteiger partial charge in [0.05, 0.1) is 11.9 Å². The van der Waals surface area contributed by atoms with Crippen LogP contribution < -0.4 is 0 Å². The predicted octanol–water partition coefficient (Wildman–Crippen LogP) is 3.30. The molecule has 82 valence electrons. The van der Waals surface area contributed by atoms with Crippen LogP contribution in [0, 0.1) is 0 Å². The molecule has 0 N–H and O–H groups in total. The zero-order valence-corrected chi connectivity index (χ0v) is 10.3. The van der Waals surface area contributed by atoms with E-state index in [1.165, 1.54) is 0 Å². The molecule has 0 aliphatic carbocycles. The molecule has 1 aromatic carbocycles. The van der Waals surface area contributed by atoms with Crippen molar-refractivity contribution in [2.24, 2.45) is 0 Å². The number of halogens is 1. The van der Waals surface area contributed by atoms with E-state index in [1.807, 2.05) is 24.3 Å². The Hall–Kier alpha value is -1.13. The van der Waals surface area contributed by atoms with Crippen LogP contribution in [0.15, 0.2) is 35.6 Å². The van der Waals surface area contributed by atoms with Gasteiger partial charge in [0.15, 0.2) is 0 Å². The molecule has 3 nitrogen and oxygen atoms in total. The molecule has 0 radical (unpaired) electrons. The van der Waals surface area contributed by atoms with E-state index in [9.17, 15) is 0 Å². The van der Waals surface area contributed by atoms with E-state index >= 15 is 0 Å². The molecule has 0 saturated heterocycles. The van der Waals surface area contributed by atoms with Gasteiger partial charge in [0.2, 0.25) is 5.16 Å². The van der Waals surface area contributed by atoms with Crippen LogP contribution in [-0.4, -0.2) is 20.9 Å². The second kappa shape index (κ2) is 5.27. The number of nitrogens with zero attached hydrogens (tertiary/aromatic N) is 3. The molecule has 0 atom stereocenters. The lowest BCUT2D eigenvalue weighted by molar-refractivity contribution is 0.844. The molecule has 0 unspecified atom stereocenters. The summed E-state index contributed by atoms with van der Waals surface area (Å²) in [6, 6.07) is 7.52. The van der Waals surface area contributed by atoms with Crippen molar-refractivity contribution in [3.05, 3.63) is 35.5 Å². The molecular formula is C11H10ClN3S. The average molecular weight is 252 g/mol. The summed E-state index contributed by atoms with van der Waals surface area (Å²) in [5, 5.41) is 9.30. The molecule has 2 aromatic rings. The van der Waals surface area contributed by atoms with Crippen molar-refractivity contribution in [3.8, 4) is 11.3 Å². The highest BCUT2D eigenvalue weighted by Crippen LogP contribution is 2.20. The maximum absolute atomic E-state index is 5.83. The Kier molecular flexibility index (Phi) is 3.74. The third kappa shape index (κ3) is 2.71. The van der Waals surface area contributed by atoms with Crippen molar-refractivity contribution < 1.29 is 0 Å². The number of benzene rings is 1. The molecule has 0 bridgehead atoms. The molecule has 0 saturated carbocycles. The lowest BCUT2D eigenvalue weighted by Gasteiger charge is -2.01. The maximum Gasteiger partial charge on any atom is 0.209 e. The Morgan fingerprint density at radius 2 is 2.00 bits per heavy atom. The molecule has 2 rings (SSSR count). The van der Waals surface area contributed by atoms with Gasteiger partial charge in [-0.15, -0.1) is 5.10 Å². The Morgan fingerprint density at radius 3 is 2.69 bits per heavy atom. The fourth-order valence-electron chi connectivity index (χ4n) is 1.24. The normalized spacial score (nSPS) is 10.4. The fourth-order valence-corrected chi connectivity index (χ4v) is 1.89. The van der Waals surface area contributed by atoms with E-state index in [1.54, 1.807) is 18.0 Å². The minimum absolute atomic E-state index is 0.704. The van der Waals surface area contributed by atoms with Gasteiger partial charge in [-0.25, -0.2) is 4.98 Å². The van der Waals surface area contributed by atoms with Crippen LogP contribution >= 0.6 is 23.4 Å². The molecule has 16 heavy (non-hydrogen) atoms. The Morgan fingerprint density at radius 1 is 1.25 bits per heavy atom. The molecule has 0 aliphatic heterocycles. The summed E-state index contributed by atoms with van der Waals surface area (Å²) in [7, 11) is 0. The van der Waals surface area contributed by atoms with Crippen molar-refractivity contribution in [2.45, 2.75) is 12.1 Å². The highest BCUT2D eigenvalue weighted by atomic mass is 35.5. The zero-order valence-electron chi connectivity index (χ0n) is 8.72. The van der Waals surface area contributed by atoms with Crippen molar-refractivity contribution >= 4 is 23.4 Å². The van der Waals surface area contributed by atoms with Crippen LogP contribution in [0.25, 0.3) is 11.3 Å². The molecule has 5 heteroatoms. The molecule has 0 amide bonds. The Bertz CT molecular complexity index is 473. The van der Waals surface area contributed by atoms with Crippen LogP contribution in [0.2, 0.25) is 5.02 Å². The largest absolute Gasteiger partial charge is 0.219 e. The molecule has 1 aromatic heterocycles. The van der Waals surface area contributed by atoms with Crippen molar-refractivity contribution in [3.63, 3.8) is 0 Å². The first-order valence-corrected chi connectivity index (χ1v) is 6.24. The van der Waals surface area contributed by atoms with Gasteiger partial charge in [-0.3, -0.25) is 0 Å². The SMILES string of the molecule is CCSc1nncc(-c2ccc(Cl)cc2)n1. The number of hydrogen-bond acceptors (Lipinski definition) is 4. The molecule has 0 fully saturated rings. The van der Waals surface area contributed by atoms with Crippen LogP contribution in [-0.2, 0) is 0 Å². The number of hydrogen-bond donors (Lipinski definition) is 0. The fraction of sp³-hybridized carbons (Fsp3) is 0.182. The summed E-state index contributed by atoms with van der Waals surface area (Å²) in [4.78, 5) is 4.41. The average Bonchev–Trinajstić information content (AvgIpc) is 2.31. The van der Waals surface area contributed by atoms with Crippen molar-refractivity contribution in [2.75, 3.05) is 5.75 Å². The van der Waals surface area contributed by atoms with Crippen molar-refractivity contribution in [1.82, 2.24) is 15.2 Å². The van der Waals surface area contributed by atoms with Crippen LogP contribution in [0.5, 0.6) is 0 Å². The molecular weight excluding hydrogens is 242 g/mol. The Balaban J connectivity index is 2.32. The third-order valence-electron chi connectivity index (χ3n) is 1.95. The Labute approximate surface area is 103 Å². The monoisotopic (exact) mass is 251 g/mol. The van der Waals surface area contributed by atoms with Gasteiger partial charge in [-0.1, -0.05) is 42.4 Å². The lowest BCUT2D eigenvalue weighted by atomic mass is 10.2. The van der Waals surface area contributed by atoms with E-state index in [2.05, 4.69) is 22.1 Å². The van der Waals surface area contributed by atoms with E-state index in [-0.39, 0.29) is 0 Å². The van der Waals surface area contributed by atoms with E-state index in [0.29, 0.717) is 10.2 Å². The highest BCUT2D eigenvalue weighted by molar-refractivity contribution is 7.99. The molecule has 1 heterocycles. The van der Waals surface area contributed by atoms with Crippen molar-refractivity contribution in [1.29, 1.82) is 0 Å². The third-order valence-corrected chi connectivity index (χ3v) is 2.92. The lowest BCUT2D eigenvalue weighted by Crippen LogP contribution is -1.93. The van der Waals surface area contributed by atoms with Gasteiger partial charge in [0.25, 0.3) is 0 Å². The minimum atomic E-state index is 0.704. The summed E-state index contributed by atoms with van der Waals surface area (Å²) >= 11 is 7.40. The second-order valence-corrected chi connectivity index (χ2v) is 4.73. The highest BCUT2D eigenvalue weighted by Gasteiger charge is 2.02. The van der Waals surface area contributed by atoms with E-state index in [4.69, 9.17) is 11.6 Å². The van der Waals surface area contributed by atoms with Crippen LogP contribution in [0.3, 0.4) is 0 Å². The quantitative estimate of drug-likeness (QED) is 0.785. The van der Waals surface area contributed by atoms with Crippen LogP contribution in [0.1, 0.15) is 6.92 Å². The van der Waals surface area contributed by atoms with Gasteiger partial charge < -0.3 is 0 Å². The van der Waals surface area contributed by atoms with Gasteiger partial charge in [0.1, 0.15) is 0 Å². The van der Waals surface area contributed by atoms with Crippen LogP contribution in [0.4, 0.5) is 0 Å². The first-order chi connectivity index (χ1) is 7.79. The van der Waals surface area contributed by atoms with Gasteiger partial charge in [0, 0.05) is 10.6 Å². The summed E-state index contributed by atoms with van der Waals surface area (Å²) in [5.74, 6) is 0.936. The first-order valence-electron chi connectivity index (χ1n) is 4.88. The summed E-state index contributed by atoms with van der Waals surface area (Å²) in [5.41, 5.74) is 1.82. The maximum atomic E-state index is 5.83. The number of thioether (sulfide) groups is 1. The zero-order chi connectivity index (χ0) is 11.4. The number of rotatable bonds is 3. The minimum Gasteiger partial charge on any atom is -0.219 e. The first kappa shape index (κ1) is 11.4. The predicted molar refractivity (Wildman–Crippen MR) is 66.7 cm³/mol. The van der Waals surface area contributed by atoms with E-state index < -0.39 is 0 Å². The van der Waals surface area contributed by atoms with Gasteiger partial charge in [-0.05, 0) is 17.9 Å². The molecule has 0 spiro atoms. The smallest absolute Gasteiger partial charge is 0.209 e.